The van der Waals surface area contributed by atoms with Gasteiger partial charge in [0.05, 0.1) is 0 Å². The summed E-state index contributed by atoms with van der Waals surface area (Å²) in [4.78, 5) is 2.52. The van der Waals surface area contributed by atoms with E-state index in [0.717, 1.165) is 13.1 Å². The summed E-state index contributed by atoms with van der Waals surface area (Å²) in [6.07, 6.45) is 2.44. The van der Waals surface area contributed by atoms with E-state index in [2.05, 4.69) is 17.1 Å². The minimum Gasteiger partial charge on any atom is -0.324 e. The molecular formula is C9H19N3. The standard InChI is InChI=1S/C9H19N3/c1-8(9(10)2-3-9)12-6-4-11-5-7-12/h8,11H,2-7,10H2,1H3. The molecule has 1 saturated heterocycles. The molecule has 1 aliphatic heterocycles. The topological polar surface area (TPSA) is 41.3 Å². The molecule has 2 fully saturated rings. The SMILES string of the molecule is CC(N1CCNCC1)C1(N)CC1. The molecule has 12 heavy (non-hydrogen) atoms. The third-order valence-electron chi connectivity index (χ3n) is 3.36. The number of hydrogen-bond donors (Lipinski definition) is 2. The van der Waals surface area contributed by atoms with Gasteiger partial charge in [-0.15, -0.1) is 0 Å². The van der Waals surface area contributed by atoms with Gasteiger partial charge in [0.25, 0.3) is 0 Å². The van der Waals surface area contributed by atoms with Crippen molar-refractivity contribution in [1.29, 1.82) is 0 Å². The van der Waals surface area contributed by atoms with Crippen LogP contribution in [-0.2, 0) is 0 Å². The van der Waals surface area contributed by atoms with E-state index in [1.807, 2.05) is 0 Å². The van der Waals surface area contributed by atoms with Crippen molar-refractivity contribution in [1.82, 2.24) is 10.2 Å². The van der Waals surface area contributed by atoms with Gasteiger partial charge in [-0.25, -0.2) is 0 Å². The first kappa shape index (κ1) is 8.48. The second-order valence-corrected chi connectivity index (χ2v) is 4.20. The van der Waals surface area contributed by atoms with Crippen molar-refractivity contribution in [2.45, 2.75) is 31.3 Å². The lowest BCUT2D eigenvalue weighted by Gasteiger charge is -2.36. The maximum absolute atomic E-state index is 6.16. The smallest absolute Gasteiger partial charge is 0.0310 e. The number of piperazine rings is 1. The molecule has 1 atom stereocenters. The lowest BCUT2D eigenvalue weighted by atomic mass is 10.1. The van der Waals surface area contributed by atoms with Crippen molar-refractivity contribution < 1.29 is 0 Å². The van der Waals surface area contributed by atoms with Crippen LogP contribution in [0.1, 0.15) is 19.8 Å². The Hall–Kier alpha value is -0.120. The molecule has 0 aromatic heterocycles. The predicted octanol–water partition coefficient (Wildman–Crippen LogP) is -0.229. The van der Waals surface area contributed by atoms with Crippen molar-refractivity contribution in [2.24, 2.45) is 5.73 Å². The Balaban J connectivity index is 1.89. The highest BCUT2D eigenvalue weighted by atomic mass is 15.2. The van der Waals surface area contributed by atoms with Gasteiger partial charge in [0.1, 0.15) is 0 Å². The number of nitrogens with two attached hydrogens (primary N) is 1. The van der Waals surface area contributed by atoms with Crippen LogP contribution in [0.25, 0.3) is 0 Å². The minimum atomic E-state index is 0.164. The summed E-state index contributed by atoms with van der Waals surface area (Å²) >= 11 is 0. The quantitative estimate of drug-likeness (QED) is 0.600. The van der Waals surface area contributed by atoms with Gasteiger partial charge in [-0.3, -0.25) is 4.90 Å². The lowest BCUT2D eigenvalue weighted by Crippen LogP contribution is -2.54. The molecule has 3 N–H and O–H groups in total. The zero-order valence-electron chi connectivity index (χ0n) is 7.84. The monoisotopic (exact) mass is 169 g/mol. The fourth-order valence-corrected chi connectivity index (χ4v) is 2.00. The average molecular weight is 169 g/mol. The van der Waals surface area contributed by atoms with E-state index in [0.29, 0.717) is 6.04 Å². The molecule has 0 amide bonds. The van der Waals surface area contributed by atoms with Gasteiger partial charge in [-0.05, 0) is 19.8 Å². The van der Waals surface area contributed by atoms with Crippen molar-refractivity contribution in [3.8, 4) is 0 Å². The fourth-order valence-electron chi connectivity index (χ4n) is 2.00. The number of nitrogens with one attached hydrogen (secondary N) is 1. The van der Waals surface area contributed by atoms with Crippen molar-refractivity contribution in [3.05, 3.63) is 0 Å². The van der Waals surface area contributed by atoms with E-state index < -0.39 is 0 Å². The molecule has 2 rings (SSSR count). The van der Waals surface area contributed by atoms with Crippen LogP contribution in [0.5, 0.6) is 0 Å². The Morgan fingerprint density at radius 1 is 1.33 bits per heavy atom. The van der Waals surface area contributed by atoms with E-state index in [-0.39, 0.29) is 5.54 Å². The van der Waals surface area contributed by atoms with E-state index in [4.69, 9.17) is 5.73 Å². The molecule has 1 aliphatic carbocycles. The third-order valence-corrected chi connectivity index (χ3v) is 3.36. The summed E-state index contributed by atoms with van der Waals surface area (Å²) in [5, 5.41) is 3.36. The molecule has 3 nitrogen and oxygen atoms in total. The average Bonchev–Trinajstić information content (AvgIpc) is 2.85. The minimum absolute atomic E-state index is 0.164. The van der Waals surface area contributed by atoms with Gasteiger partial charge >= 0.3 is 0 Å². The molecule has 0 aromatic rings. The van der Waals surface area contributed by atoms with Crippen LogP contribution in [-0.4, -0.2) is 42.7 Å². The van der Waals surface area contributed by atoms with E-state index >= 15 is 0 Å². The second-order valence-electron chi connectivity index (χ2n) is 4.20. The van der Waals surface area contributed by atoms with Crippen LogP contribution in [0.3, 0.4) is 0 Å². The number of hydrogen-bond acceptors (Lipinski definition) is 3. The zero-order valence-corrected chi connectivity index (χ0v) is 7.84. The van der Waals surface area contributed by atoms with Crippen LogP contribution in [0.4, 0.5) is 0 Å². The summed E-state index contributed by atoms with van der Waals surface area (Å²) in [7, 11) is 0. The van der Waals surface area contributed by atoms with E-state index in [9.17, 15) is 0 Å². The van der Waals surface area contributed by atoms with Gasteiger partial charge in [-0.1, -0.05) is 0 Å². The summed E-state index contributed by atoms with van der Waals surface area (Å²) in [5.41, 5.74) is 6.32. The lowest BCUT2D eigenvalue weighted by molar-refractivity contribution is 0.156. The molecule has 0 radical (unpaired) electrons. The maximum atomic E-state index is 6.16. The first-order valence-electron chi connectivity index (χ1n) is 4.96. The van der Waals surface area contributed by atoms with Gasteiger partial charge in [0, 0.05) is 37.8 Å². The normalized spacial score (nSPS) is 31.5. The Kier molecular flexibility index (Phi) is 2.10. The highest BCUT2D eigenvalue weighted by molar-refractivity contribution is 5.07. The van der Waals surface area contributed by atoms with Crippen LogP contribution in [0.2, 0.25) is 0 Å². The summed E-state index contributed by atoms with van der Waals surface area (Å²) in [5.74, 6) is 0. The first-order chi connectivity index (χ1) is 5.72. The molecule has 3 heteroatoms. The maximum Gasteiger partial charge on any atom is 0.0310 e. The van der Waals surface area contributed by atoms with Crippen LogP contribution in [0.15, 0.2) is 0 Å². The Bertz CT molecular complexity index is 159. The number of rotatable bonds is 2. The van der Waals surface area contributed by atoms with Gasteiger partial charge in [0.2, 0.25) is 0 Å². The largest absolute Gasteiger partial charge is 0.324 e. The molecular weight excluding hydrogens is 150 g/mol. The third kappa shape index (κ3) is 1.49. The molecule has 0 bridgehead atoms. The highest BCUT2D eigenvalue weighted by Gasteiger charge is 2.45. The summed E-state index contributed by atoms with van der Waals surface area (Å²) in [6, 6.07) is 0.583. The second kappa shape index (κ2) is 2.98. The highest BCUT2D eigenvalue weighted by Crippen LogP contribution is 2.37. The molecule has 1 saturated carbocycles. The molecule has 70 valence electrons. The van der Waals surface area contributed by atoms with Gasteiger partial charge in [0.15, 0.2) is 0 Å². The molecule has 2 aliphatic rings. The van der Waals surface area contributed by atoms with Gasteiger partial charge in [-0.2, -0.15) is 0 Å². The fraction of sp³-hybridized carbons (Fsp3) is 1.00. The molecule has 1 unspecified atom stereocenters. The summed E-state index contributed by atoms with van der Waals surface area (Å²) in [6.45, 7) is 6.86. The van der Waals surface area contributed by atoms with Gasteiger partial charge < -0.3 is 11.1 Å². The summed E-state index contributed by atoms with van der Waals surface area (Å²) < 4.78 is 0. The Morgan fingerprint density at radius 3 is 2.42 bits per heavy atom. The van der Waals surface area contributed by atoms with E-state index in [1.54, 1.807) is 0 Å². The first-order valence-corrected chi connectivity index (χ1v) is 4.96. The Labute approximate surface area is 74.3 Å². The van der Waals surface area contributed by atoms with Crippen molar-refractivity contribution in [3.63, 3.8) is 0 Å². The predicted molar refractivity (Wildman–Crippen MR) is 50.1 cm³/mol. The van der Waals surface area contributed by atoms with Crippen molar-refractivity contribution >= 4 is 0 Å². The Morgan fingerprint density at radius 2 is 1.92 bits per heavy atom. The molecule has 0 aromatic carbocycles. The van der Waals surface area contributed by atoms with Crippen LogP contribution < -0.4 is 11.1 Å². The van der Waals surface area contributed by atoms with Crippen LogP contribution >= 0.6 is 0 Å². The van der Waals surface area contributed by atoms with Crippen LogP contribution in [0, 0.1) is 0 Å². The molecule has 0 spiro atoms. The van der Waals surface area contributed by atoms with E-state index in [1.165, 1.54) is 25.9 Å². The van der Waals surface area contributed by atoms with Crippen molar-refractivity contribution in [2.75, 3.05) is 26.2 Å². The number of nitrogens with zero attached hydrogens (tertiary/aromatic N) is 1. The molecule has 1 heterocycles. The zero-order chi connectivity index (χ0) is 8.60.